The van der Waals surface area contributed by atoms with E-state index in [2.05, 4.69) is 15.5 Å². The highest BCUT2D eigenvalue weighted by atomic mass is 15.2. The van der Waals surface area contributed by atoms with E-state index in [1.54, 1.807) is 6.20 Å². The molecule has 4 heteroatoms. The van der Waals surface area contributed by atoms with Gasteiger partial charge in [-0.25, -0.2) is 0 Å². The number of nitrogens with one attached hydrogen (secondary N) is 1. The zero-order valence-corrected chi connectivity index (χ0v) is 10.4. The van der Waals surface area contributed by atoms with Gasteiger partial charge in [-0.05, 0) is 11.6 Å². The lowest BCUT2D eigenvalue weighted by Gasteiger charge is -2.09. The van der Waals surface area contributed by atoms with Crippen molar-refractivity contribution in [2.75, 3.05) is 11.1 Å². The van der Waals surface area contributed by atoms with Gasteiger partial charge >= 0.3 is 0 Å². The van der Waals surface area contributed by atoms with Crippen LogP contribution in [0.4, 0.5) is 11.5 Å². The molecule has 0 aliphatic rings. The standard InChI is InChI=1S/C15H14N4/c16-14-8-4-2-6-12(14)9-17-15-13-7-3-1-5-11(13)10-18-19-15/h1-8,10H,9,16H2,(H,17,19). The van der Waals surface area contributed by atoms with Crippen molar-refractivity contribution in [2.45, 2.75) is 6.54 Å². The minimum Gasteiger partial charge on any atom is -0.398 e. The second kappa shape index (κ2) is 4.94. The number of hydrogen-bond donors (Lipinski definition) is 2. The minimum atomic E-state index is 0.634. The molecule has 0 amide bonds. The maximum Gasteiger partial charge on any atom is 0.156 e. The number of para-hydroxylation sites is 1. The third kappa shape index (κ3) is 2.33. The Bertz CT molecular complexity index is 704. The summed E-state index contributed by atoms with van der Waals surface area (Å²) in [4.78, 5) is 0. The molecule has 4 nitrogen and oxygen atoms in total. The summed E-state index contributed by atoms with van der Waals surface area (Å²) in [5, 5.41) is 13.6. The second-order valence-corrected chi connectivity index (χ2v) is 4.33. The molecule has 1 aromatic heterocycles. The largest absolute Gasteiger partial charge is 0.398 e. The van der Waals surface area contributed by atoms with Gasteiger partial charge in [0, 0.05) is 23.0 Å². The summed E-state index contributed by atoms with van der Waals surface area (Å²) in [5.41, 5.74) is 7.76. The zero-order valence-electron chi connectivity index (χ0n) is 10.4. The first-order chi connectivity index (χ1) is 9.34. The van der Waals surface area contributed by atoms with Gasteiger partial charge in [0.15, 0.2) is 5.82 Å². The van der Waals surface area contributed by atoms with Crippen molar-refractivity contribution in [3.8, 4) is 0 Å². The van der Waals surface area contributed by atoms with Crippen LogP contribution in [0.2, 0.25) is 0 Å². The molecule has 3 N–H and O–H groups in total. The topological polar surface area (TPSA) is 63.8 Å². The third-order valence-corrected chi connectivity index (χ3v) is 3.07. The smallest absolute Gasteiger partial charge is 0.156 e. The van der Waals surface area contributed by atoms with Crippen LogP contribution in [0, 0.1) is 0 Å². The van der Waals surface area contributed by atoms with Crippen LogP contribution in [0.15, 0.2) is 54.7 Å². The van der Waals surface area contributed by atoms with E-state index < -0.39 is 0 Å². The Morgan fingerprint density at radius 3 is 2.68 bits per heavy atom. The lowest BCUT2D eigenvalue weighted by molar-refractivity contribution is 1.02. The number of rotatable bonds is 3. The van der Waals surface area contributed by atoms with Gasteiger partial charge in [0.05, 0.1) is 6.20 Å². The Balaban J connectivity index is 1.88. The summed E-state index contributed by atoms with van der Waals surface area (Å²) >= 11 is 0. The first kappa shape index (κ1) is 11.5. The van der Waals surface area contributed by atoms with Crippen molar-refractivity contribution in [3.63, 3.8) is 0 Å². The Morgan fingerprint density at radius 1 is 1.00 bits per heavy atom. The summed E-state index contributed by atoms with van der Waals surface area (Å²) in [7, 11) is 0. The van der Waals surface area contributed by atoms with E-state index in [-0.39, 0.29) is 0 Å². The van der Waals surface area contributed by atoms with Crippen molar-refractivity contribution in [1.82, 2.24) is 10.2 Å². The molecular weight excluding hydrogens is 236 g/mol. The molecule has 1 heterocycles. The van der Waals surface area contributed by atoms with Crippen molar-refractivity contribution in [3.05, 3.63) is 60.3 Å². The third-order valence-electron chi connectivity index (χ3n) is 3.07. The fourth-order valence-electron chi connectivity index (χ4n) is 2.03. The van der Waals surface area contributed by atoms with Crippen LogP contribution in [0.3, 0.4) is 0 Å². The van der Waals surface area contributed by atoms with E-state index in [9.17, 15) is 0 Å². The normalized spacial score (nSPS) is 10.5. The van der Waals surface area contributed by atoms with Gasteiger partial charge in [-0.1, -0.05) is 42.5 Å². The number of nitrogens with zero attached hydrogens (tertiary/aromatic N) is 2. The van der Waals surface area contributed by atoms with Crippen molar-refractivity contribution >= 4 is 22.3 Å². The predicted molar refractivity (Wildman–Crippen MR) is 77.7 cm³/mol. The zero-order chi connectivity index (χ0) is 13.1. The maximum absolute atomic E-state index is 5.92. The van der Waals surface area contributed by atoms with E-state index in [0.717, 1.165) is 27.8 Å². The van der Waals surface area contributed by atoms with Gasteiger partial charge in [0.25, 0.3) is 0 Å². The molecule has 0 aliphatic heterocycles. The maximum atomic E-state index is 5.92. The molecule has 0 fully saturated rings. The number of fused-ring (bicyclic) bond motifs is 1. The number of anilines is 2. The molecule has 94 valence electrons. The monoisotopic (exact) mass is 250 g/mol. The summed E-state index contributed by atoms with van der Waals surface area (Å²) in [6.45, 7) is 0.634. The van der Waals surface area contributed by atoms with E-state index in [1.165, 1.54) is 0 Å². The van der Waals surface area contributed by atoms with Crippen LogP contribution in [0.25, 0.3) is 10.8 Å². The van der Waals surface area contributed by atoms with E-state index >= 15 is 0 Å². The lowest BCUT2D eigenvalue weighted by Crippen LogP contribution is -2.05. The second-order valence-electron chi connectivity index (χ2n) is 4.33. The van der Waals surface area contributed by atoms with Gasteiger partial charge in [-0.2, -0.15) is 5.10 Å². The summed E-state index contributed by atoms with van der Waals surface area (Å²) in [6, 6.07) is 15.8. The number of benzene rings is 2. The van der Waals surface area contributed by atoms with Gasteiger partial charge in [-0.15, -0.1) is 5.10 Å². The van der Waals surface area contributed by atoms with Gasteiger partial charge in [0.1, 0.15) is 0 Å². The molecule has 3 rings (SSSR count). The van der Waals surface area contributed by atoms with E-state index in [4.69, 9.17) is 5.73 Å². The molecule has 0 saturated heterocycles. The van der Waals surface area contributed by atoms with Crippen LogP contribution < -0.4 is 11.1 Å². The fourth-order valence-corrected chi connectivity index (χ4v) is 2.03. The van der Waals surface area contributed by atoms with Crippen molar-refractivity contribution in [2.24, 2.45) is 0 Å². The average Bonchev–Trinajstić information content (AvgIpc) is 2.46. The highest BCUT2D eigenvalue weighted by molar-refractivity contribution is 5.90. The summed E-state index contributed by atoms with van der Waals surface area (Å²) in [5.74, 6) is 0.779. The molecule has 0 radical (unpaired) electrons. The molecule has 0 atom stereocenters. The first-order valence-electron chi connectivity index (χ1n) is 6.12. The highest BCUT2D eigenvalue weighted by Gasteiger charge is 2.03. The summed E-state index contributed by atoms with van der Waals surface area (Å²) in [6.07, 6.45) is 1.76. The van der Waals surface area contributed by atoms with Crippen molar-refractivity contribution in [1.29, 1.82) is 0 Å². The number of hydrogen-bond acceptors (Lipinski definition) is 4. The van der Waals surface area contributed by atoms with Crippen LogP contribution in [0.1, 0.15) is 5.56 Å². The van der Waals surface area contributed by atoms with Gasteiger partial charge in [0.2, 0.25) is 0 Å². The van der Waals surface area contributed by atoms with E-state index in [0.29, 0.717) is 6.54 Å². The molecule has 0 saturated carbocycles. The Hall–Kier alpha value is -2.62. The minimum absolute atomic E-state index is 0.634. The van der Waals surface area contributed by atoms with Crippen molar-refractivity contribution < 1.29 is 0 Å². The highest BCUT2D eigenvalue weighted by Crippen LogP contribution is 2.20. The van der Waals surface area contributed by atoms with E-state index in [1.807, 2.05) is 48.5 Å². The molecular formula is C15H14N4. The molecule has 0 aliphatic carbocycles. The van der Waals surface area contributed by atoms with Crippen LogP contribution in [-0.4, -0.2) is 10.2 Å². The molecule has 0 unspecified atom stereocenters. The van der Waals surface area contributed by atoms with Gasteiger partial charge in [-0.3, -0.25) is 0 Å². The summed E-state index contributed by atoms with van der Waals surface area (Å²) < 4.78 is 0. The SMILES string of the molecule is Nc1ccccc1CNc1nncc2ccccc12. The predicted octanol–water partition coefficient (Wildman–Crippen LogP) is 2.82. The molecule has 2 aromatic carbocycles. The Kier molecular flexibility index (Phi) is 2.98. The average molecular weight is 250 g/mol. The quantitative estimate of drug-likeness (QED) is 0.702. The molecule has 19 heavy (non-hydrogen) atoms. The fraction of sp³-hybridized carbons (Fsp3) is 0.0667. The van der Waals surface area contributed by atoms with Gasteiger partial charge < -0.3 is 11.1 Å². The van der Waals surface area contributed by atoms with Crippen LogP contribution in [0.5, 0.6) is 0 Å². The number of nitrogens with two attached hydrogens (primary N) is 1. The van der Waals surface area contributed by atoms with Crippen LogP contribution in [-0.2, 0) is 6.54 Å². The Morgan fingerprint density at radius 2 is 1.79 bits per heavy atom. The number of aromatic nitrogens is 2. The lowest BCUT2D eigenvalue weighted by atomic mass is 10.1. The molecule has 0 bridgehead atoms. The van der Waals surface area contributed by atoms with Crippen LogP contribution >= 0.6 is 0 Å². The number of nitrogen functional groups attached to an aromatic ring is 1. The molecule has 0 spiro atoms. The first-order valence-corrected chi connectivity index (χ1v) is 6.12. The molecule has 3 aromatic rings. The Labute approximate surface area is 111 Å².